The molecule has 1 atom stereocenters. The fourth-order valence-corrected chi connectivity index (χ4v) is 5.01. The number of pyridine rings is 1. The topological polar surface area (TPSA) is 54.4 Å². The molecule has 1 unspecified atom stereocenters. The van der Waals surface area contributed by atoms with Crippen molar-refractivity contribution in [2.45, 2.75) is 65.0 Å². The van der Waals surface area contributed by atoms with E-state index in [9.17, 15) is 5.11 Å². The summed E-state index contributed by atoms with van der Waals surface area (Å²) in [6.07, 6.45) is 6.57. The highest BCUT2D eigenvalue weighted by atomic mass is 35.5. The Kier molecular flexibility index (Phi) is 6.75. The van der Waals surface area contributed by atoms with Crippen molar-refractivity contribution in [3.63, 3.8) is 0 Å². The molecule has 0 amide bonds. The molecule has 2 aromatic carbocycles. The first-order valence-corrected chi connectivity index (χ1v) is 11.9. The van der Waals surface area contributed by atoms with Crippen LogP contribution in [0, 0.1) is 13.8 Å². The fraction of sp³-hybridized carbons (Fsp3) is 0.444. The molecule has 2 N–H and O–H groups in total. The Morgan fingerprint density at radius 1 is 1.12 bits per heavy atom. The van der Waals surface area contributed by atoms with Gasteiger partial charge in [-0.25, -0.2) is 0 Å². The number of nitrogens with zero attached hydrogens (tertiary/aromatic N) is 1. The van der Waals surface area contributed by atoms with Crippen LogP contribution in [0.4, 0.5) is 0 Å². The van der Waals surface area contributed by atoms with Crippen LogP contribution in [0.15, 0.2) is 36.5 Å². The number of aryl methyl sites for hydroxylation is 2. The Bertz CT molecular complexity index is 1090. The molecule has 0 aliphatic carbocycles. The summed E-state index contributed by atoms with van der Waals surface area (Å²) in [6.45, 7) is 9.41. The molecule has 0 saturated carbocycles. The summed E-state index contributed by atoms with van der Waals surface area (Å²) in [7, 11) is 0. The lowest BCUT2D eigenvalue weighted by atomic mass is 9.94. The van der Waals surface area contributed by atoms with Crippen LogP contribution in [0.1, 0.15) is 56.2 Å². The Morgan fingerprint density at radius 2 is 1.88 bits per heavy atom. The monoisotopic (exact) mass is 452 g/mol. The summed E-state index contributed by atoms with van der Waals surface area (Å²) in [5.74, 6) is 0.804. The second-order valence-corrected chi connectivity index (χ2v) is 9.98. The van der Waals surface area contributed by atoms with Gasteiger partial charge in [-0.15, -0.1) is 0 Å². The molecule has 2 heterocycles. The molecular weight excluding hydrogens is 420 g/mol. The molecular formula is C27H33ClN2O2. The summed E-state index contributed by atoms with van der Waals surface area (Å²) in [5, 5.41) is 15.7. The number of hydrogen-bond donors (Lipinski definition) is 2. The highest BCUT2D eigenvalue weighted by Crippen LogP contribution is 2.40. The molecule has 1 aromatic heterocycles. The Balaban J connectivity index is 1.80. The van der Waals surface area contributed by atoms with Crippen molar-refractivity contribution in [1.82, 2.24) is 10.3 Å². The molecule has 4 nitrogen and oxygen atoms in total. The van der Waals surface area contributed by atoms with E-state index in [4.69, 9.17) is 21.3 Å². The summed E-state index contributed by atoms with van der Waals surface area (Å²) in [4.78, 5) is 4.70. The first kappa shape index (κ1) is 23.0. The van der Waals surface area contributed by atoms with E-state index >= 15 is 0 Å². The fourth-order valence-electron chi connectivity index (χ4n) is 4.62. The van der Waals surface area contributed by atoms with E-state index in [1.165, 1.54) is 30.4 Å². The maximum atomic E-state index is 10.7. The van der Waals surface area contributed by atoms with Gasteiger partial charge >= 0.3 is 0 Å². The maximum absolute atomic E-state index is 10.7. The van der Waals surface area contributed by atoms with Crippen LogP contribution in [-0.2, 0) is 5.60 Å². The van der Waals surface area contributed by atoms with Crippen molar-refractivity contribution in [2.75, 3.05) is 13.2 Å². The molecule has 1 aliphatic heterocycles. The van der Waals surface area contributed by atoms with Crippen LogP contribution in [0.25, 0.3) is 22.0 Å². The minimum absolute atomic E-state index is 0.503. The Labute approximate surface area is 196 Å². The van der Waals surface area contributed by atoms with Gasteiger partial charge in [-0.05, 0) is 71.2 Å². The minimum Gasteiger partial charge on any atom is -0.492 e. The Hall–Kier alpha value is -2.14. The molecule has 170 valence electrons. The van der Waals surface area contributed by atoms with Crippen molar-refractivity contribution < 1.29 is 9.84 Å². The largest absolute Gasteiger partial charge is 0.492 e. The van der Waals surface area contributed by atoms with Crippen LogP contribution in [0.5, 0.6) is 5.75 Å². The zero-order chi connectivity index (χ0) is 22.9. The first-order valence-electron chi connectivity index (χ1n) is 11.5. The van der Waals surface area contributed by atoms with E-state index < -0.39 is 5.60 Å². The van der Waals surface area contributed by atoms with E-state index in [0.29, 0.717) is 23.2 Å². The first-order chi connectivity index (χ1) is 15.2. The lowest BCUT2D eigenvalue weighted by Crippen LogP contribution is -2.35. The number of ether oxygens (including phenoxy) is 1. The number of aliphatic hydroxyl groups is 1. The zero-order valence-electron chi connectivity index (χ0n) is 19.5. The van der Waals surface area contributed by atoms with Crippen molar-refractivity contribution in [3.05, 3.63) is 58.2 Å². The minimum atomic E-state index is -1.06. The number of rotatable bonds is 6. The SMILES string of the molecule is Cc1cc(C)cc(-c2cnc3cc(Cl)c(C(C)(C)O)cc3c2OCCC2CCCCN2)c1. The van der Waals surface area contributed by atoms with Crippen LogP contribution in [0.3, 0.4) is 0 Å². The van der Waals surface area contributed by atoms with Gasteiger partial charge in [0.2, 0.25) is 0 Å². The third kappa shape index (κ3) is 5.09. The lowest BCUT2D eigenvalue weighted by Gasteiger charge is -2.24. The van der Waals surface area contributed by atoms with Crippen LogP contribution in [-0.4, -0.2) is 29.3 Å². The van der Waals surface area contributed by atoms with Crippen LogP contribution in [0.2, 0.25) is 5.02 Å². The molecule has 0 bridgehead atoms. The molecule has 1 aliphatic rings. The quantitative estimate of drug-likeness (QED) is 0.460. The highest BCUT2D eigenvalue weighted by molar-refractivity contribution is 6.32. The molecule has 3 aromatic rings. The molecule has 32 heavy (non-hydrogen) atoms. The molecule has 0 spiro atoms. The number of piperidine rings is 1. The predicted molar refractivity (Wildman–Crippen MR) is 133 cm³/mol. The smallest absolute Gasteiger partial charge is 0.138 e. The molecule has 1 saturated heterocycles. The van der Waals surface area contributed by atoms with Gasteiger partial charge in [-0.2, -0.15) is 0 Å². The van der Waals surface area contributed by atoms with Gasteiger partial charge < -0.3 is 15.2 Å². The summed E-state index contributed by atoms with van der Waals surface area (Å²) in [6, 6.07) is 10.8. The number of halogens is 1. The maximum Gasteiger partial charge on any atom is 0.138 e. The second-order valence-electron chi connectivity index (χ2n) is 9.57. The molecule has 1 fully saturated rings. The molecule has 0 radical (unpaired) electrons. The average Bonchev–Trinajstić information content (AvgIpc) is 2.72. The standard InChI is InChI=1S/C27H33ClN2O2/c1-17-11-18(2)13-19(12-17)22-16-30-25-15-24(28)23(27(3,4)31)14-21(25)26(22)32-10-8-20-7-5-6-9-29-20/h11-16,20,29,31H,5-10H2,1-4H3. The van der Waals surface area contributed by atoms with Crippen molar-refractivity contribution in [1.29, 1.82) is 0 Å². The number of nitrogens with one attached hydrogen (secondary N) is 1. The van der Waals surface area contributed by atoms with E-state index in [-0.39, 0.29) is 0 Å². The van der Waals surface area contributed by atoms with E-state index in [2.05, 4.69) is 37.4 Å². The van der Waals surface area contributed by atoms with E-state index in [0.717, 1.165) is 40.7 Å². The van der Waals surface area contributed by atoms with E-state index in [1.807, 2.05) is 18.3 Å². The predicted octanol–water partition coefficient (Wildman–Crippen LogP) is 6.31. The average molecular weight is 453 g/mol. The molecule has 5 heteroatoms. The second kappa shape index (κ2) is 9.38. The van der Waals surface area contributed by atoms with Crippen LogP contribution < -0.4 is 10.1 Å². The van der Waals surface area contributed by atoms with Crippen molar-refractivity contribution in [3.8, 4) is 16.9 Å². The highest BCUT2D eigenvalue weighted by Gasteiger charge is 2.23. The zero-order valence-corrected chi connectivity index (χ0v) is 20.2. The third-order valence-electron chi connectivity index (χ3n) is 6.22. The Morgan fingerprint density at radius 3 is 2.53 bits per heavy atom. The van der Waals surface area contributed by atoms with Gasteiger partial charge in [0, 0.05) is 33.8 Å². The van der Waals surface area contributed by atoms with E-state index in [1.54, 1.807) is 13.8 Å². The number of aromatic nitrogens is 1. The third-order valence-corrected chi connectivity index (χ3v) is 6.54. The normalized spacial score (nSPS) is 17.0. The van der Waals surface area contributed by atoms with Gasteiger partial charge in [0.1, 0.15) is 5.75 Å². The van der Waals surface area contributed by atoms with Gasteiger partial charge in [-0.3, -0.25) is 4.98 Å². The molecule has 4 rings (SSSR count). The number of benzene rings is 2. The number of hydrogen-bond acceptors (Lipinski definition) is 4. The summed E-state index contributed by atoms with van der Waals surface area (Å²) in [5.41, 5.74) is 4.82. The van der Waals surface area contributed by atoms with Crippen LogP contribution >= 0.6 is 11.6 Å². The van der Waals surface area contributed by atoms with Gasteiger partial charge in [0.25, 0.3) is 0 Å². The summed E-state index contributed by atoms with van der Waals surface area (Å²) >= 11 is 6.50. The van der Waals surface area contributed by atoms with Gasteiger partial charge in [0.05, 0.1) is 17.7 Å². The van der Waals surface area contributed by atoms with Gasteiger partial charge in [-0.1, -0.05) is 47.3 Å². The van der Waals surface area contributed by atoms with Gasteiger partial charge in [0.15, 0.2) is 0 Å². The van der Waals surface area contributed by atoms with Crippen molar-refractivity contribution in [2.24, 2.45) is 0 Å². The van der Waals surface area contributed by atoms with Crippen molar-refractivity contribution >= 4 is 22.5 Å². The summed E-state index contributed by atoms with van der Waals surface area (Å²) < 4.78 is 6.49. The lowest BCUT2D eigenvalue weighted by molar-refractivity contribution is 0.0788. The number of fused-ring (bicyclic) bond motifs is 1.